The molecule has 3 heteroatoms. The summed E-state index contributed by atoms with van der Waals surface area (Å²) in [6, 6.07) is 7.67. The summed E-state index contributed by atoms with van der Waals surface area (Å²) in [7, 11) is -1.08. The second-order valence-electron chi connectivity index (χ2n) is 4.47. The maximum atomic E-state index is 12.0. The van der Waals surface area contributed by atoms with Gasteiger partial charge in [0.2, 0.25) is 0 Å². The molecule has 0 bridgehead atoms. The Bertz CT molecular complexity index is 346. The van der Waals surface area contributed by atoms with Crippen LogP contribution in [0, 0.1) is 6.92 Å². The van der Waals surface area contributed by atoms with E-state index in [1.807, 2.05) is 31.2 Å². The topological polar surface area (TPSA) is 37.3 Å². The number of rotatable bonds is 7. The molecule has 1 aromatic carbocycles. The minimum absolute atomic E-state index is 0.354. The molecule has 0 saturated carbocycles. The molecule has 1 rings (SSSR count). The fraction of sp³-hybridized carbons (Fsp3) is 0.571. The lowest BCUT2D eigenvalue weighted by Gasteiger charge is -2.10. The molecule has 0 aliphatic carbocycles. The largest absolute Gasteiger partial charge is 0.392 e. The van der Waals surface area contributed by atoms with E-state index in [2.05, 4.69) is 6.92 Å². The molecule has 0 aliphatic rings. The quantitative estimate of drug-likeness (QED) is 0.759. The van der Waals surface area contributed by atoms with Crippen LogP contribution in [0.15, 0.2) is 29.2 Å². The van der Waals surface area contributed by atoms with Gasteiger partial charge in [-0.1, -0.05) is 43.9 Å². The molecule has 0 amide bonds. The van der Waals surface area contributed by atoms with Gasteiger partial charge in [-0.2, -0.15) is 0 Å². The molecule has 0 spiro atoms. The van der Waals surface area contributed by atoms with Gasteiger partial charge in [-0.05, 0) is 25.5 Å². The van der Waals surface area contributed by atoms with Gasteiger partial charge in [0, 0.05) is 4.90 Å². The minimum Gasteiger partial charge on any atom is -0.392 e. The molecule has 17 heavy (non-hydrogen) atoms. The van der Waals surface area contributed by atoms with Gasteiger partial charge in [0.05, 0.1) is 22.7 Å². The molecule has 0 aliphatic heterocycles. The molecule has 1 aromatic rings. The molecular formula is C14H22O2S. The van der Waals surface area contributed by atoms with E-state index in [0.717, 1.165) is 36.1 Å². The maximum Gasteiger partial charge on any atom is 0.0659 e. The zero-order valence-corrected chi connectivity index (χ0v) is 11.5. The fourth-order valence-electron chi connectivity index (χ4n) is 1.67. The normalized spacial score (nSPS) is 14.5. The van der Waals surface area contributed by atoms with Crippen LogP contribution in [0.2, 0.25) is 0 Å². The minimum atomic E-state index is -1.08. The first-order chi connectivity index (χ1) is 8.13. The lowest BCUT2D eigenvalue weighted by molar-refractivity contribution is 0.184. The summed E-state index contributed by atoms with van der Waals surface area (Å²) in [5, 5.41) is 9.77. The van der Waals surface area contributed by atoms with Crippen LogP contribution in [0.3, 0.4) is 0 Å². The number of hydrogen-bond donors (Lipinski definition) is 1. The molecule has 96 valence electrons. The van der Waals surface area contributed by atoms with Gasteiger partial charge in [0.25, 0.3) is 0 Å². The van der Waals surface area contributed by atoms with Gasteiger partial charge < -0.3 is 5.11 Å². The summed E-state index contributed by atoms with van der Waals surface area (Å²) in [6.45, 7) is 4.14. The van der Waals surface area contributed by atoms with Crippen LogP contribution in [-0.4, -0.2) is 21.2 Å². The zero-order chi connectivity index (χ0) is 12.7. The summed E-state index contributed by atoms with van der Waals surface area (Å²) in [6.07, 6.45) is 3.61. The Labute approximate surface area is 107 Å². The second-order valence-corrected chi connectivity index (χ2v) is 5.97. The Morgan fingerprint density at radius 2 is 1.88 bits per heavy atom. The Kier molecular flexibility index (Phi) is 6.45. The first-order valence-electron chi connectivity index (χ1n) is 6.26. The van der Waals surface area contributed by atoms with Crippen molar-refractivity contribution in [3.8, 4) is 0 Å². The third kappa shape index (κ3) is 5.46. The van der Waals surface area contributed by atoms with Crippen molar-refractivity contribution < 1.29 is 9.32 Å². The van der Waals surface area contributed by atoms with Gasteiger partial charge in [-0.15, -0.1) is 0 Å². The lowest BCUT2D eigenvalue weighted by atomic mass is 10.1. The van der Waals surface area contributed by atoms with E-state index in [4.69, 9.17) is 0 Å². The van der Waals surface area contributed by atoms with Crippen molar-refractivity contribution in [2.75, 3.05) is 5.75 Å². The lowest BCUT2D eigenvalue weighted by Crippen LogP contribution is -2.16. The van der Waals surface area contributed by atoms with Crippen molar-refractivity contribution in [3.63, 3.8) is 0 Å². The van der Waals surface area contributed by atoms with E-state index >= 15 is 0 Å². The van der Waals surface area contributed by atoms with Crippen LogP contribution in [0.1, 0.15) is 38.2 Å². The van der Waals surface area contributed by atoms with Gasteiger partial charge in [-0.3, -0.25) is 4.21 Å². The van der Waals surface area contributed by atoms with E-state index in [1.54, 1.807) is 0 Å². The Hall–Kier alpha value is -0.670. The number of unbranched alkanes of at least 4 members (excludes halogenated alkanes) is 2. The molecule has 2 atom stereocenters. The zero-order valence-electron chi connectivity index (χ0n) is 10.7. The molecule has 0 saturated heterocycles. The Balaban J connectivity index is 2.40. The summed E-state index contributed by atoms with van der Waals surface area (Å²) < 4.78 is 12.0. The third-order valence-electron chi connectivity index (χ3n) is 2.77. The summed E-state index contributed by atoms with van der Waals surface area (Å²) >= 11 is 0. The van der Waals surface area contributed by atoms with E-state index in [9.17, 15) is 9.32 Å². The molecule has 0 fully saturated rings. The van der Waals surface area contributed by atoms with Crippen LogP contribution in [0.5, 0.6) is 0 Å². The van der Waals surface area contributed by atoms with Crippen molar-refractivity contribution in [3.05, 3.63) is 29.8 Å². The number of hydrogen-bond acceptors (Lipinski definition) is 2. The van der Waals surface area contributed by atoms with Crippen molar-refractivity contribution in [2.45, 2.75) is 50.5 Å². The first-order valence-corrected chi connectivity index (χ1v) is 7.58. The Morgan fingerprint density at radius 1 is 1.24 bits per heavy atom. The maximum absolute atomic E-state index is 12.0. The van der Waals surface area contributed by atoms with Crippen molar-refractivity contribution in [1.82, 2.24) is 0 Å². The molecule has 0 aromatic heterocycles. The number of aliphatic hydroxyl groups excluding tert-OH is 1. The highest BCUT2D eigenvalue weighted by atomic mass is 32.2. The SMILES string of the molecule is CCCCC[C@@H](O)C[S@@](=O)c1ccc(C)cc1. The van der Waals surface area contributed by atoms with E-state index in [-0.39, 0.29) is 0 Å². The van der Waals surface area contributed by atoms with Gasteiger partial charge in [0.15, 0.2) is 0 Å². The summed E-state index contributed by atoms with van der Waals surface area (Å²) in [5.74, 6) is 0.354. The molecule has 0 radical (unpaired) electrons. The number of aryl methyl sites for hydroxylation is 1. The molecular weight excluding hydrogens is 232 g/mol. The first kappa shape index (κ1) is 14.4. The van der Waals surface area contributed by atoms with Crippen molar-refractivity contribution in [1.29, 1.82) is 0 Å². The van der Waals surface area contributed by atoms with Crippen LogP contribution < -0.4 is 0 Å². The van der Waals surface area contributed by atoms with Crippen LogP contribution >= 0.6 is 0 Å². The number of aliphatic hydroxyl groups is 1. The summed E-state index contributed by atoms with van der Waals surface area (Å²) in [5.41, 5.74) is 1.16. The third-order valence-corrected chi connectivity index (χ3v) is 4.25. The van der Waals surface area contributed by atoms with Gasteiger partial charge >= 0.3 is 0 Å². The van der Waals surface area contributed by atoms with Crippen molar-refractivity contribution >= 4 is 10.8 Å². The predicted octanol–water partition coefficient (Wildman–Crippen LogP) is 3.04. The summed E-state index contributed by atoms with van der Waals surface area (Å²) in [4.78, 5) is 0.810. The average molecular weight is 254 g/mol. The average Bonchev–Trinajstić information content (AvgIpc) is 2.30. The van der Waals surface area contributed by atoms with Gasteiger partial charge in [-0.25, -0.2) is 0 Å². The van der Waals surface area contributed by atoms with Gasteiger partial charge in [0.1, 0.15) is 0 Å². The standard InChI is InChI=1S/C14H22O2S/c1-3-4-5-6-13(15)11-17(16)14-9-7-12(2)8-10-14/h7-10,13,15H,3-6,11H2,1-2H3/t13-,17-/m1/s1. The number of benzene rings is 1. The Morgan fingerprint density at radius 3 is 2.47 bits per heavy atom. The molecule has 2 nitrogen and oxygen atoms in total. The van der Waals surface area contributed by atoms with E-state index < -0.39 is 16.9 Å². The molecule has 1 N–H and O–H groups in total. The predicted molar refractivity (Wildman–Crippen MR) is 72.6 cm³/mol. The highest BCUT2D eigenvalue weighted by molar-refractivity contribution is 7.85. The van der Waals surface area contributed by atoms with Crippen LogP contribution in [-0.2, 0) is 10.8 Å². The van der Waals surface area contributed by atoms with E-state index in [1.165, 1.54) is 0 Å². The van der Waals surface area contributed by atoms with Crippen molar-refractivity contribution in [2.24, 2.45) is 0 Å². The fourth-order valence-corrected chi connectivity index (χ4v) is 2.82. The molecule has 0 unspecified atom stereocenters. The van der Waals surface area contributed by atoms with Crippen LogP contribution in [0.4, 0.5) is 0 Å². The highest BCUT2D eigenvalue weighted by Gasteiger charge is 2.10. The van der Waals surface area contributed by atoms with E-state index in [0.29, 0.717) is 5.75 Å². The smallest absolute Gasteiger partial charge is 0.0659 e. The second kappa shape index (κ2) is 7.62. The highest BCUT2D eigenvalue weighted by Crippen LogP contribution is 2.11. The van der Waals surface area contributed by atoms with Crippen LogP contribution in [0.25, 0.3) is 0 Å². The molecule has 0 heterocycles. The monoisotopic (exact) mass is 254 g/mol.